The van der Waals surface area contributed by atoms with Gasteiger partial charge in [-0.2, -0.15) is 4.98 Å². The Morgan fingerprint density at radius 3 is 2.83 bits per heavy atom. The molecule has 0 aliphatic rings. The van der Waals surface area contributed by atoms with Crippen molar-refractivity contribution in [2.45, 2.75) is 13.3 Å². The predicted molar refractivity (Wildman–Crippen MR) is 89.7 cm³/mol. The third kappa shape index (κ3) is 3.29. The van der Waals surface area contributed by atoms with Crippen molar-refractivity contribution in [1.29, 1.82) is 0 Å². The van der Waals surface area contributed by atoms with E-state index in [1.54, 1.807) is 32.2 Å². The van der Waals surface area contributed by atoms with Crippen molar-refractivity contribution in [2.75, 3.05) is 12.4 Å². The van der Waals surface area contributed by atoms with Gasteiger partial charge in [-0.05, 0) is 36.8 Å². The second kappa shape index (κ2) is 6.30. The van der Waals surface area contributed by atoms with Gasteiger partial charge in [-0.1, -0.05) is 23.7 Å². The van der Waals surface area contributed by atoms with Crippen LogP contribution in [0.2, 0.25) is 5.02 Å². The summed E-state index contributed by atoms with van der Waals surface area (Å²) in [5.74, 6) is 0.634. The number of methoxy groups -OCH3 is 1. The highest BCUT2D eigenvalue weighted by molar-refractivity contribution is 6.33. The Labute approximate surface area is 138 Å². The van der Waals surface area contributed by atoms with Gasteiger partial charge in [-0.25, -0.2) is 0 Å². The quantitative estimate of drug-likeness (QED) is 0.752. The van der Waals surface area contributed by atoms with E-state index in [1.165, 1.54) is 0 Å². The molecule has 3 rings (SSSR count). The van der Waals surface area contributed by atoms with Gasteiger partial charge in [0.25, 0.3) is 6.01 Å². The van der Waals surface area contributed by atoms with Crippen molar-refractivity contribution in [3.05, 3.63) is 47.0 Å². The number of benzene rings is 2. The first kappa shape index (κ1) is 15.4. The number of nitrogens with zero attached hydrogens (tertiary/aromatic N) is 1. The van der Waals surface area contributed by atoms with Gasteiger partial charge in [-0.15, -0.1) is 0 Å². The first-order chi connectivity index (χ1) is 11.1. The number of anilines is 2. The molecule has 0 saturated heterocycles. The summed E-state index contributed by atoms with van der Waals surface area (Å²) in [6.07, 6.45) is 0.320. The minimum Gasteiger partial charge on any atom is -0.494 e. The van der Waals surface area contributed by atoms with E-state index in [0.29, 0.717) is 40.0 Å². The number of Topliss-reactive ketones (excluding diaryl/α,β-unsaturated/α-hetero) is 1. The molecule has 118 valence electrons. The number of carbonyl (C=O) groups excluding carboxylic acids is 1. The highest BCUT2D eigenvalue weighted by Gasteiger charge is 2.14. The lowest BCUT2D eigenvalue weighted by Crippen LogP contribution is -1.97. The maximum absolute atomic E-state index is 11.3. The van der Waals surface area contributed by atoms with Crippen LogP contribution in [0.3, 0.4) is 0 Å². The number of ketones is 1. The second-order valence-corrected chi connectivity index (χ2v) is 5.55. The van der Waals surface area contributed by atoms with Crippen LogP contribution in [-0.4, -0.2) is 17.9 Å². The van der Waals surface area contributed by atoms with E-state index >= 15 is 0 Å². The van der Waals surface area contributed by atoms with Crippen molar-refractivity contribution in [3.63, 3.8) is 0 Å². The molecule has 1 N–H and O–H groups in total. The van der Waals surface area contributed by atoms with E-state index in [-0.39, 0.29) is 5.78 Å². The number of nitrogens with one attached hydrogen (secondary N) is 1. The largest absolute Gasteiger partial charge is 0.494 e. The molecule has 0 aliphatic heterocycles. The van der Waals surface area contributed by atoms with Crippen LogP contribution in [0.15, 0.2) is 40.8 Å². The molecule has 1 heterocycles. The molecule has 0 aliphatic carbocycles. The summed E-state index contributed by atoms with van der Waals surface area (Å²) in [6.45, 7) is 1.54. The number of oxazole rings is 1. The first-order valence-electron chi connectivity index (χ1n) is 7.05. The molecule has 23 heavy (non-hydrogen) atoms. The molecule has 0 bridgehead atoms. The molecular formula is C17H15ClN2O3. The lowest BCUT2D eigenvalue weighted by atomic mass is 10.1. The fourth-order valence-corrected chi connectivity index (χ4v) is 2.51. The van der Waals surface area contributed by atoms with Gasteiger partial charge in [-0.3, -0.25) is 4.79 Å². The van der Waals surface area contributed by atoms with Crippen LogP contribution in [-0.2, 0) is 11.2 Å². The fraction of sp³-hybridized carbons (Fsp3) is 0.176. The zero-order valence-corrected chi connectivity index (χ0v) is 13.5. The summed E-state index contributed by atoms with van der Waals surface area (Å²) in [5, 5.41) is 3.61. The van der Waals surface area contributed by atoms with E-state index in [4.69, 9.17) is 20.8 Å². The average molecular weight is 331 g/mol. The molecular weight excluding hydrogens is 316 g/mol. The lowest BCUT2D eigenvalue weighted by molar-refractivity contribution is -0.116. The standard InChI is InChI=1S/C17H15ClN2O3/c1-10(21)7-11-8-14(22-2)16-15(9-11)23-17(20-16)19-13-6-4-3-5-12(13)18/h3-6,8-9H,7H2,1-2H3,(H,19,20). The molecule has 1 aromatic heterocycles. The topological polar surface area (TPSA) is 64.4 Å². The van der Waals surface area contributed by atoms with E-state index in [9.17, 15) is 4.79 Å². The molecule has 3 aromatic rings. The fourth-order valence-electron chi connectivity index (χ4n) is 2.33. The predicted octanol–water partition coefficient (Wildman–Crippen LogP) is 4.36. The molecule has 0 fully saturated rings. The highest BCUT2D eigenvalue weighted by atomic mass is 35.5. The number of halogens is 1. The molecule has 5 nitrogen and oxygen atoms in total. The summed E-state index contributed by atoms with van der Waals surface area (Å²) in [7, 11) is 1.56. The van der Waals surface area contributed by atoms with Crippen LogP contribution >= 0.6 is 11.6 Å². The van der Waals surface area contributed by atoms with Crippen LogP contribution < -0.4 is 10.1 Å². The van der Waals surface area contributed by atoms with Gasteiger partial charge in [0.1, 0.15) is 11.5 Å². The Morgan fingerprint density at radius 2 is 2.13 bits per heavy atom. The van der Waals surface area contributed by atoms with Gasteiger partial charge < -0.3 is 14.5 Å². The molecule has 0 unspecified atom stereocenters. The number of para-hydroxylation sites is 1. The Kier molecular flexibility index (Phi) is 4.21. The summed E-state index contributed by atoms with van der Waals surface area (Å²) < 4.78 is 11.1. The number of aromatic nitrogens is 1. The van der Waals surface area contributed by atoms with Crippen molar-refractivity contribution in [1.82, 2.24) is 4.98 Å². The molecule has 2 aromatic carbocycles. The van der Waals surface area contributed by atoms with E-state index in [1.807, 2.05) is 18.2 Å². The summed E-state index contributed by atoms with van der Waals surface area (Å²) in [5.41, 5.74) is 2.66. The van der Waals surface area contributed by atoms with Crippen LogP contribution in [0.1, 0.15) is 12.5 Å². The molecule has 0 radical (unpaired) electrons. The van der Waals surface area contributed by atoms with E-state index < -0.39 is 0 Å². The Balaban J connectivity index is 2.00. The SMILES string of the molecule is COc1cc(CC(C)=O)cc2oc(Nc3ccccc3Cl)nc12. The first-order valence-corrected chi connectivity index (χ1v) is 7.43. The minimum absolute atomic E-state index is 0.0698. The minimum atomic E-state index is 0.0698. The normalized spacial score (nSPS) is 10.7. The number of hydrogen-bond donors (Lipinski definition) is 1. The van der Waals surface area contributed by atoms with Crippen LogP contribution in [0.25, 0.3) is 11.1 Å². The van der Waals surface area contributed by atoms with Crippen molar-refractivity contribution in [2.24, 2.45) is 0 Å². The molecule has 0 amide bonds. The number of hydrogen-bond acceptors (Lipinski definition) is 5. The summed E-state index contributed by atoms with van der Waals surface area (Å²) in [6, 6.07) is 11.2. The van der Waals surface area contributed by atoms with Crippen LogP contribution in [0, 0.1) is 0 Å². The Hall–Kier alpha value is -2.53. The molecule has 6 heteroatoms. The van der Waals surface area contributed by atoms with Gasteiger partial charge in [0.15, 0.2) is 11.1 Å². The molecule has 0 saturated carbocycles. The number of fused-ring (bicyclic) bond motifs is 1. The average Bonchev–Trinajstić information content (AvgIpc) is 2.90. The van der Waals surface area contributed by atoms with E-state index in [2.05, 4.69) is 10.3 Å². The third-order valence-electron chi connectivity index (χ3n) is 3.31. The number of carbonyl (C=O) groups is 1. The van der Waals surface area contributed by atoms with Crippen molar-refractivity contribution in [3.8, 4) is 5.75 Å². The number of rotatable bonds is 5. The van der Waals surface area contributed by atoms with Gasteiger partial charge in [0.2, 0.25) is 0 Å². The summed E-state index contributed by atoms with van der Waals surface area (Å²) in [4.78, 5) is 15.7. The van der Waals surface area contributed by atoms with Gasteiger partial charge in [0, 0.05) is 6.42 Å². The molecule has 0 spiro atoms. The lowest BCUT2D eigenvalue weighted by Gasteiger charge is -2.03. The second-order valence-electron chi connectivity index (χ2n) is 5.15. The van der Waals surface area contributed by atoms with Crippen LogP contribution in [0.5, 0.6) is 5.75 Å². The van der Waals surface area contributed by atoms with Crippen LogP contribution in [0.4, 0.5) is 11.7 Å². The highest BCUT2D eigenvalue weighted by Crippen LogP contribution is 2.32. The third-order valence-corrected chi connectivity index (χ3v) is 3.64. The molecule has 0 atom stereocenters. The van der Waals surface area contributed by atoms with E-state index in [0.717, 1.165) is 5.56 Å². The Bertz CT molecular complexity index is 873. The van der Waals surface area contributed by atoms with Crippen molar-refractivity contribution >= 4 is 40.2 Å². The van der Waals surface area contributed by atoms with Crippen molar-refractivity contribution < 1.29 is 13.9 Å². The maximum atomic E-state index is 11.3. The monoisotopic (exact) mass is 330 g/mol. The smallest absolute Gasteiger partial charge is 0.300 e. The zero-order chi connectivity index (χ0) is 16.4. The zero-order valence-electron chi connectivity index (χ0n) is 12.7. The Morgan fingerprint density at radius 1 is 1.35 bits per heavy atom. The number of ether oxygens (including phenoxy) is 1. The summed E-state index contributed by atoms with van der Waals surface area (Å²) >= 11 is 6.12. The van der Waals surface area contributed by atoms with Gasteiger partial charge >= 0.3 is 0 Å². The maximum Gasteiger partial charge on any atom is 0.300 e. The van der Waals surface area contributed by atoms with Gasteiger partial charge in [0.05, 0.1) is 17.8 Å².